The van der Waals surface area contributed by atoms with E-state index in [1.165, 1.54) is 11.3 Å². The minimum atomic E-state index is 0.193. The highest BCUT2D eigenvalue weighted by Gasteiger charge is 2.24. The minimum absolute atomic E-state index is 0.193. The van der Waals surface area contributed by atoms with Gasteiger partial charge in [-0.2, -0.15) is 0 Å². The summed E-state index contributed by atoms with van der Waals surface area (Å²) in [7, 11) is 1.73. The van der Waals surface area contributed by atoms with E-state index >= 15 is 0 Å². The number of hydrogen-bond acceptors (Lipinski definition) is 4. The average molecular weight is 304 g/mol. The number of halogens is 1. The first-order valence-corrected chi connectivity index (χ1v) is 6.89. The number of hydrogen-bond donors (Lipinski definition) is 0. The van der Waals surface area contributed by atoms with Gasteiger partial charge in [-0.15, -0.1) is 11.3 Å². The Kier molecular flexibility index (Phi) is 4.13. The summed E-state index contributed by atoms with van der Waals surface area (Å²) in [5.74, 6) is 0.193. The van der Waals surface area contributed by atoms with Gasteiger partial charge in [0.15, 0.2) is 5.78 Å². The van der Waals surface area contributed by atoms with Crippen molar-refractivity contribution in [2.75, 3.05) is 26.7 Å². The van der Waals surface area contributed by atoms with Crippen LogP contribution in [-0.4, -0.2) is 43.5 Å². The number of methoxy groups -OCH3 is 1. The Labute approximate surface area is 108 Å². The van der Waals surface area contributed by atoms with Crippen molar-refractivity contribution in [3.8, 4) is 0 Å². The van der Waals surface area contributed by atoms with Gasteiger partial charge in [0.05, 0.1) is 17.5 Å². The lowest BCUT2D eigenvalue weighted by atomic mass is 10.3. The average Bonchev–Trinajstić information content (AvgIpc) is 2.86. The molecule has 88 valence electrons. The van der Waals surface area contributed by atoms with Crippen LogP contribution in [0.1, 0.15) is 16.1 Å². The second kappa shape index (κ2) is 5.40. The normalized spacial score (nSPS) is 21.5. The van der Waals surface area contributed by atoms with Crippen molar-refractivity contribution in [2.24, 2.45) is 0 Å². The zero-order valence-corrected chi connectivity index (χ0v) is 11.5. The molecule has 0 aromatic carbocycles. The first-order valence-electron chi connectivity index (χ1n) is 5.22. The summed E-state index contributed by atoms with van der Waals surface area (Å²) in [5, 5.41) is 1.93. The van der Waals surface area contributed by atoms with Crippen LogP contribution in [0.2, 0.25) is 0 Å². The second-order valence-electron chi connectivity index (χ2n) is 3.90. The number of carbonyl (C=O) groups is 1. The molecular weight excluding hydrogens is 290 g/mol. The summed E-state index contributed by atoms with van der Waals surface area (Å²) >= 11 is 4.88. The molecular formula is C11H14BrNO2S. The Morgan fingerprint density at radius 2 is 2.56 bits per heavy atom. The van der Waals surface area contributed by atoms with Gasteiger partial charge in [-0.05, 0) is 33.8 Å². The molecule has 0 radical (unpaired) electrons. The number of Topliss-reactive ketones (excluding diaryl/α,β-unsaturated/α-hetero) is 1. The first-order chi connectivity index (χ1) is 7.70. The summed E-state index contributed by atoms with van der Waals surface area (Å²) in [6.07, 6.45) is 1.31. The molecule has 1 aromatic rings. The van der Waals surface area contributed by atoms with E-state index in [4.69, 9.17) is 4.74 Å². The SMILES string of the molecule is COC1CCN(CC(=O)c2sccc2Br)C1. The number of likely N-dealkylation sites (tertiary alicyclic amines) is 1. The van der Waals surface area contributed by atoms with Crippen molar-refractivity contribution in [3.05, 3.63) is 20.8 Å². The van der Waals surface area contributed by atoms with Crippen molar-refractivity contribution in [1.29, 1.82) is 0 Å². The van der Waals surface area contributed by atoms with Crippen LogP contribution < -0.4 is 0 Å². The lowest BCUT2D eigenvalue weighted by Gasteiger charge is -2.13. The van der Waals surface area contributed by atoms with E-state index in [2.05, 4.69) is 20.8 Å². The van der Waals surface area contributed by atoms with Gasteiger partial charge in [0.1, 0.15) is 0 Å². The monoisotopic (exact) mass is 303 g/mol. The molecule has 0 bridgehead atoms. The molecule has 1 unspecified atom stereocenters. The molecule has 16 heavy (non-hydrogen) atoms. The molecule has 1 aromatic heterocycles. The summed E-state index contributed by atoms with van der Waals surface area (Å²) in [5.41, 5.74) is 0. The summed E-state index contributed by atoms with van der Waals surface area (Å²) in [6, 6.07) is 1.92. The van der Waals surface area contributed by atoms with Gasteiger partial charge in [0, 0.05) is 24.7 Å². The Balaban J connectivity index is 1.91. The van der Waals surface area contributed by atoms with E-state index in [1.54, 1.807) is 7.11 Å². The van der Waals surface area contributed by atoms with Gasteiger partial charge in [0.2, 0.25) is 0 Å². The molecule has 1 saturated heterocycles. The molecule has 1 fully saturated rings. The summed E-state index contributed by atoms with van der Waals surface area (Å²) in [4.78, 5) is 15.0. The molecule has 0 N–H and O–H groups in total. The maximum absolute atomic E-state index is 12.0. The maximum Gasteiger partial charge on any atom is 0.187 e. The molecule has 0 saturated carbocycles. The van der Waals surface area contributed by atoms with E-state index in [0.717, 1.165) is 28.9 Å². The van der Waals surface area contributed by atoms with Gasteiger partial charge in [-0.3, -0.25) is 9.69 Å². The van der Waals surface area contributed by atoms with Gasteiger partial charge in [0.25, 0.3) is 0 Å². The molecule has 2 heterocycles. The molecule has 3 nitrogen and oxygen atoms in total. The van der Waals surface area contributed by atoms with E-state index < -0.39 is 0 Å². The fraction of sp³-hybridized carbons (Fsp3) is 0.545. The second-order valence-corrected chi connectivity index (χ2v) is 5.67. The number of ketones is 1. The Bertz CT molecular complexity index is 380. The smallest absolute Gasteiger partial charge is 0.187 e. The van der Waals surface area contributed by atoms with E-state index in [1.807, 2.05) is 11.4 Å². The minimum Gasteiger partial charge on any atom is -0.380 e. The fourth-order valence-corrected chi connectivity index (χ4v) is 3.43. The van der Waals surface area contributed by atoms with Crippen molar-refractivity contribution in [3.63, 3.8) is 0 Å². The zero-order chi connectivity index (χ0) is 11.5. The maximum atomic E-state index is 12.0. The number of carbonyl (C=O) groups excluding carboxylic acids is 1. The van der Waals surface area contributed by atoms with Crippen molar-refractivity contribution in [2.45, 2.75) is 12.5 Å². The van der Waals surface area contributed by atoms with Crippen LogP contribution in [0.5, 0.6) is 0 Å². The van der Waals surface area contributed by atoms with Crippen LogP contribution >= 0.6 is 27.3 Å². The lowest BCUT2D eigenvalue weighted by molar-refractivity contribution is 0.0901. The Morgan fingerprint density at radius 3 is 3.12 bits per heavy atom. The standard InChI is InChI=1S/C11H14BrNO2S/c1-15-8-2-4-13(6-8)7-10(14)11-9(12)3-5-16-11/h3,5,8H,2,4,6-7H2,1H3. The van der Waals surface area contributed by atoms with Crippen LogP contribution in [0.4, 0.5) is 0 Å². The third-order valence-electron chi connectivity index (χ3n) is 2.80. The highest BCUT2D eigenvalue weighted by molar-refractivity contribution is 9.10. The molecule has 1 aliphatic heterocycles. The third kappa shape index (κ3) is 2.71. The van der Waals surface area contributed by atoms with Crippen molar-refractivity contribution < 1.29 is 9.53 Å². The molecule has 1 atom stereocenters. The topological polar surface area (TPSA) is 29.5 Å². The van der Waals surface area contributed by atoms with Gasteiger partial charge in [-0.1, -0.05) is 0 Å². The van der Waals surface area contributed by atoms with Gasteiger partial charge in [-0.25, -0.2) is 0 Å². The predicted octanol–water partition coefficient (Wildman–Crippen LogP) is 2.41. The van der Waals surface area contributed by atoms with E-state index in [0.29, 0.717) is 12.6 Å². The fourth-order valence-electron chi connectivity index (χ4n) is 1.90. The molecule has 0 spiro atoms. The lowest BCUT2D eigenvalue weighted by Crippen LogP contribution is -2.28. The highest BCUT2D eigenvalue weighted by Crippen LogP contribution is 2.24. The van der Waals surface area contributed by atoms with E-state index in [-0.39, 0.29) is 5.78 Å². The van der Waals surface area contributed by atoms with Crippen LogP contribution in [0.15, 0.2) is 15.9 Å². The molecule has 0 aliphatic carbocycles. The summed E-state index contributed by atoms with van der Waals surface area (Å²) < 4.78 is 6.19. The van der Waals surface area contributed by atoms with Crippen LogP contribution in [0.3, 0.4) is 0 Å². The number of ether oxygens (including phenoxy) is 1. The Morgan fingerprint density at radius 1 is 1.75 bits per heavy atom. The van der Waals surface area contributed by atoms with Crippen molar-refractivity contribution >= 4 is 33.0 Å². The predicted molar refractivity (Wildman–Crippen MR) is 68.2 cm³/mol. The first kappa shape index (κ1) is 12.2. The summed E-state index contributed by atoms with van der Waals surface area (Å²) in [6.45, 7) is 2.32. The van der Waals surface area contributed by atoms with Gasteiger partial charge >= 0.3 is 0 Å². The number of rotatable bonds is 4. The highest BCUT2D eigenvalue weighted by atomic mass is 79.9. The van der Waals surface area contributed by atoms with E-state index in [9.17, 15) is 4.79 Å². The Hall–Kier alpha value is -0.230. The quantitative estimate of drug-likeness (QED) is 0.800. The molecule has 5 heteroatoms. The van der Waals surface area contributed by atoms with Gasteiger partial charge < -0.3 is 4.74 Å². The van der Waals surface area contributed by atoms with Crippen molar-refractivity contribution in [1.82, 2.24) is 4.90 Å². The third-order valence-corrected chi connectivity index (χ3v) is 4.68. The van der Waals surface area contributed by atoms with Crippen LogP contribution in [-0.2, 0) is 4.74 Å². The molecule has 0 amide bonds. The molecule has 2 rings (SSSR count). The number of thiophene rings is 1. The zero-order valence-electron chi connectivity index (χ0n) is 9.11. The van der Waals surface area contributed by atoms with Crippen LogP contribution in [0.25, 0.3) is 0 Å². The van der Waals surface area contributed by atoms with Crippen LogP contribution in [0, 0.1) is 0 Å². The number of nitrogens with zero attached hydrogens (tertiary/aromatic N) is 1. The largest absolute Gasteiger partial charge is 0.380 e. The molecule has 1 aliphatic rings.